The quantitative estimate of drug-likeness (QED) is 0.0498. The molecule has 2 aromatic carbocycles. The molecular weight excluding hydrogens is 935 g/mol. The standard InChI is InChI=1S/C53H65N11O7S/c1-8-39-45-48(54-6)58-30-63(45)41-27-56-43(60-49(41)64(39)37-13-9-10-14-37)24-35-19-20-36(23-42(35)70-7)50(67)55-21-11-12-22-71-29-44(66)61-47(53(3,4)5)52(69)62-28-38(65)25-40(62)51(68)57-26-33-15-17-34(18-16-33)46-32(2)59-31-72-46/h15-20,23,27,30-31,37-40,47,65H,8-14,21-22,24-26,28-29H2,1-5,7H3,(H,55,67)(H,57,68)(H,61,66)/t38-,39-,40+,47-/m1/s1. The van der Waals surface area contributed by atoms with E-state index in [1.54, 1.807) is 36.9 Å². The summed E-state index contributed by atoms with van der Waals surface area (Å²) in [4.78, 5) is 81.2. The monoisotopic (exact) mass is 999 g/mol. The van der Waals surface area contributed by atoms with Gasteiger partial charge in [0.15, 0.2) is 12.1 Å². The SMILES string of the molecule is [C-]#[N+]c1ncn2c1[C@@H](CC)N(C1CCCC1)c1nc(Cc3ccc(C(=O)NCCCCOCC(=O)N[C@H](C(=O)N4C[C@H](O)C[C@H]4C(=O)NCc4ccc(-c5scnc5C)cc4)C(C)(C)C)cc3OC)ncc1-2. The molecule has 3 aliphatic rings. The number of thiazole rings is 1. The number of aliphatic hydroxyl groups is 1. The van der Waals surface area contributed by atoms with Crippen LogP contribution in [-0.4, -0.2) is 116 Å². The number of rotatable bonds is 19. The van der Waals surface area contributed by atoms with Crippen molar-refractivity contribution in [3.63, 3.8) is 0 Å². The molecule has 1 saturated heterocycles. The molecule has 18 nitrogen and oxygen atoms in total. The number of ether oxygens (including phenoxy) is 2. The maximum absolute atomic E-state index is 14.0. The molecule has 380 valence electrons. The highest BCUT2D eigenvalue weighted by molar-refractivity contribution is 7.13. The van der Waals surface area contributed by atoms with E-state index in [9.17, 15) is 24.3 Å². The second kappa shape index (κ2) is 22.8. The molecule has 2 aliphatic heterocycles. The Kier molecular flexibility index (Phi) is 16.3. The summed E-state index contributed by atoms with van der Waals surface area (Å²) >= 11 is 1.57. The summed E-state index contributed by atoms with van der Waals surface area (Å²) < 4.78 is 13.4. The summed E-state index contributed by atoms with van der Waals surface area (Å²) in [5, 5.41) is 19.3. The molecule has 2 fully saturated rings. The lowest BCUT2D eigenvalue weighted by Gasteiger charge is -2.42. The number of aryl methyl sites for hydroxylation is 1. The maximum atomic E-state index is 14.0. The van der Waals surface area contributed by atoms with E-state index < -0.39 is 35.4 Å². The van der Waals surface area contributed by atoms with E-state index in [4.69, 9.17) is 26.0 Å². The Morgan fingerprint density at radius 1 is 1.03 bits per heavy atom. The van der Waals surface area contributed by atoms with E-state index in [2.05, 4.69) is 42.6 Å². The summed E-state index contributed by atoms with van der Waals surface area (Å²) in [7, 11) is 1.57. The predicted octanol–water partition coefficient (Wildman–Crippen LogP) is 6.79. The van der Waals surface area contributed by atoms with Gasteiger partial charge in [-0.05, 0) is 67.7 Å². The highest BCUT2D eigenvalue weighted by Gasteiger charge is 2.45. The Morgan fingerprint density at radius 2 is 1.81 bits per heavy atom. The van der Waals surface area contributed by atoms with Crippen molar-refractivity contribution in [2.24, 2.45) is 5.41 Å². The first kappa shape index (κ1) is 51.6. The number of hydrogen-bond donors (Lipinski definition) is 4. The number of aliphatic hydroxyl groups excluding tert-OH is 1. The van der Waals surface area contributed by atoms with Crippen molar-refractivity contribution in [2.45, 2.75) is 129 Å². The number of fused-ring (bicyclic) bond motifs is 3. The van der Waals surface area contributed by atoms with Crippen LogP contribution in [0.15, 0.2) is 60.5 Å². The molecule has 4 atom stereocenters. The van der Waals surface area contributed by atoms with Crippen LogP contribution in [0.2, 0.25) is 0 Å². The average Bonchev–Trinajstić information content (AvgIpc) is 4.22. The zero-order chi connectivity index (χ0) is 51.1. The molecule has 1 aliphatic carbocycles. The number of carbonyl (C=O) groups excluding carboxylic acids is 4. The van der Waals surface area contributed by atoms with Gasteiger partial charge >= 0.3 is 0 Å². The van der Waals surface area contributed by atoms with Crippen LogP contribution in [0.5, 0.6) is 5.75 Å². The molecule has 0 bridgehead atoms. The number of imidazole rings is 1. The number of aromatic nitrogens is 5. The van der Waals surface area contributed by atoms with Crippen LogP contribution in [0, 0.1) is 18.9 Å². The molecule has 3 aromatic heterocycles. The topological polar surface area (TPSA) is 210 Å². The molecule has 1 saturated carbocycles. The van der Waals surface area contributed by atoms with Gasteiger partial charge in [-0.3, -0.25) is 23.7 Å². The minimum atomic E-state index is -0.981. The maximum Gasteiger partial charge on any atom is 0.293 e. The third kappa shape index (κ3) is 11.5. The minimum Gasteiger partial charge on any atom is -0.496 e. The summed E-state index contributed by atoms with van der Waals surface area (Å²) in [5.41, 5.74) is 6.98. The van der Waals surface area contributed by atoms with Crippen molar-refractivity contribution in [3.8, 4) is 21.9 Å². The van der Waals surface area contributed by atoms with E-state index in [1.807, 2.05) is 74.3 Å². The van der Waals surface area contributed by atoms with Crippen LogP contribution in [0.3, 0.4) is 0 Å². The molecule has 5 aromatic rings. The number of methoxy groups -OCH3 is 1. The van der Waals surface area contributed by atoms with E-state index in [-0.39, 0.29) is 50.6 Å². The van der Waals surface area contributed by atoms with Gasteiger partial charge in [0.05, 0.1) is 47.2 Å². The first-order valence-corrected chi connectivity index (χ1v) is 25.7. The minimum absolute atomic E-state index is 0.0245. The van der Waals surface area contributed by atoms with Crippen molar-refractivity contribution in [1.82, 2.24) is 45.4 Å². The van der Waals surface area contributed by atoms with Crippen LogP contribution in [0.25, 0.3) is 21.0 Å². The van der Waals surface area contributed by atoms with Gasteiger partial charge < -0.3 is 45.2 Å². The fraction of sp³-hybridized carbons (Fsp3) is 0.491. The Bertz CT molecular complexity index is 2790. The lowest BCUT2D eigenvalue weighted by molar-refractivity contribution is -0.144. The van der Waals surface area contributed by atoms with Crippen LogP contribution in [-0.2, 0) is 32.1 Å². The van der Waals surface area contributed by atoms with E-state index in [0.717, 1.165) is 76.6 Å². The van der Waals surface area contributed by atoms with Gasteiger partial charge in [0.25, 0.3) is 11.7 Å². The van der Waals surface area contributed by atoms with Gasteiger partial charge in [-0.2, -0.15) is 0 Å². The van der Waals surface area contributed by atoms with Crippen molar-refractivity contribution in [3.05, 3.63) is 106 Å². The number of amides is 4. The number of β-amino-alcohol motifs (C(OH)–C–C–N with tert-alkyl or cyclic N) is 1. The highest BCUT2D eigenvalue weighted by Crippen LogP contribution is 2.46. The average molecular weight is 1000 g/mol. The molecule has 19 heteroatoms. The number of hydrogen-bond acceptors (Lipinski definition) is 13. The Hall–Kier alpha value is -6.75. The molecule has 4 amide bonds. The largest absolute Gasteiger partial charge is 0.496 e. The van der Waals surface area contributed by atoms with Crippen molar-refractivity contribution < 1.29 is 33.8 Å². The van der Waals surface area contributed by atoms with Gasteiger partial charge in [-0.15, -0.1) is 16.3 Å². The van der Waals surface area contributed by atoms with Crippen molar-refractivity contribution in [2.75, 3.05) is 38.3 Å². The molecule has 72 heavy (non-hydrogen) atoms. The smallest absolute Gasteiger partial charge is 0.293 e. The summed E-state index contributed by atoms with van der Waals surface area (Å²) in [6, 6.07) is 11.6. The molecule has 8 rings (SSSR count). The zero-order valence-corrected chi connectivity index (χ0v) is 42.8. The number of likely N-dealkylation sites (tertiary alicyclic amines) is 1. The third-order valence-electron chi connectivity index (χ3n) is 13.8. The number of anilines is 1. The number of benzene rings is 2. The molecule has 0 unspecified atom stereocenters. The highest BCUT2D eigenvalue weighted by atomic mass is 32.1. The van der Waals surface area contributed by atoms with Gasteiger partial charge in [-0.1, -0.05) is 77.4 Å². The normalized spacial score (nSPS) is 18.0. The lowest BCUT2D eigenvalue weighted by atomic mass is 9.85. The summed E-state index contributed by atoms with van der Waals surface area (Å²) in [5.74, 6) is 0.860. The first-order valence-electron chi connectivity index (χ1n) is 24.9. The summed E-state index contributed by atoms with van der Waals surface area (Å²) in [6.07, 6.45) is 9.52. The van der Waals surface area contributed by atoms with Gasteiger partial charge in [0, 0.05) is 56.3 Å². The molecular formula is C53H65N11O7S. The second-order valence-corrected chi connectivity index (χ2v) is 20.7. The van der Waals surface area contributed by atoms with E-state index >= 15 is 0 Å². The van der Waals surface area contributed by atoms with Crippen molar-refractivity contribution >= 4 is 46.6 Å². The van der Waals surface area contributed by atoms with Gasteiger partial charge in [0.1, 0.15) is 36.0 Å². The first-order chi connectivity index (χ1) is 34.7. The van der Waals surface area contributed by atoms with Crippen LogP contribution in [0.4, 0.5) is 11.6 Å². The number of carbonyl (C=O) groups is 4. The number of nitrogens with one attached hydrogen (secondary N) is 3. The van der Waals surface area contributed by atoms with Crippen LogP contribution in [0.1, 0.15) is 124 Å². The molecule has 0 spiro atoms. The Balaban J connectivity index is 0.786. The second-order valence-electron chi connectivity index (χ2n) is 19.9. The van der Waals surface area contributed by atoms with Crippen molar-refractivity contribution in [1.29, 1.82) is 0 Å². The van der Waals surface area contributed by atoms with E-state index in [1.165, 1.54) is 4.90 Å². The fourth-order valence-corrected chi connectivity index (χ4v) is 10.9. The molecule has 5 heterocycles. The fourth-order valence-electron chi connectivity index (χ4n) is 10.0. The third-order valence-corrected chi connectivity index (χ3v) is 14.8. The number of nitrogens with zero attached hydrogens (tertiary/aromatic N) is 8. The molecule has 4 N–H and O–H groups in total. The lowest BCUT2D eigenvalue weighted by Crippen LogP contribution is -2.58. The van der Waals surface area contributed by atoms with Crippen LogP contribution < -0.4 is 25.6 Å². The van der Waals surface area contributed by atoms with Gasteiger partial charge in [0.2, 0.25) is 17.7 Å². The predicted molar refractivity (Wildman–Crippen MR) is 273 cm³/mol. The number of unbranched alkanes of at least 4 members (excludes halogenated alkanes) is 1. The van der Waals surface area contributed by atoms with E-state index in [0.29, 0.717) is 54.8 Å². The summed E-state index contributed by atoms with van der Waals surface area (Å²) in [6.45, 7) is 17.9. The van der Waals surface area contributed by atoms with Crippen LogP contribution >= 0.6 is 11.3 Å². The zero-order valence-electron chi connectivity index (χ0n) is 41.9. The molecule has 0 radical (unpaired) electrons. The Labute approximate surface area is 424 Å². The van der Waals surface area contributed by atoms with Gasteiger partial charge in [-0.25, -0.2) is 15.0 Å². The Morgan fingerprint density at radius 3 is 2.50 bits per heavy atom.